The molecule has 5 heteroatoms. The van der Waals surface area contributed by atoms with Crippen LogP contribution in [0.4, 0.5) is 11.8 Å². The van der Waals surface area contributed by atoms with Crippen molar-refractivity contribution in [1.29, 1.82) is 0 Å². The van der Waals surface area contributed by atoms with Crippen LogP contribution in [0, 0.1) is 0 Å². The second-order valence-corrected chi connectivity index (χ2v) is 4.73. The van der Waals surface area contributed by atoms with Crippen molar-refractivity contribution in [2.45, 2.75) is 33.6 Å². The lowest BCUT2D eigenvalue weighted by molar-refractivity contribution is 0.773. The van der Waals surface area contributed by atoms with Crippen LogP contribution in [0.15, 0.2) is 10.7 Å². The summed E-state index contributed by atoms with van der Waals surface area (Å²) in [7, 11) is 0. The lowest BCUT2D eigenvalue weighted by Crippen LogP contribution is -2.25. The van der Waals surface area contributed by atoms with E-state index in [9.17, 15) is 0 Å². The molecule has 1 N–H and O–H groups in total. The molecule has 17 heavy (non-hydrogen) atoms. The third-order valence-electron chi connectivity index (χ3n) is 2.43. The van der Waals surface area contributed by atoms with Crippen molar-refractivity contribution < 1.29 is 0 Å². The van der Waals surface area contributed by atoms with Crippen LogP contribution in [-0.4, -0.2) is 29.6 Å². The highest BCUT2D eigenvalue weighted by Gasteiger charge is 2.11. The van der Waals surface area contributed by atoms with E-state index in [4.69, 9.17) is 0 Å². The van der Waals surface area contributed by atoms with Gasteiger partial charge < -0.3 is 10.2 Å². The number of nitrogens with zero attached hydrogens (tertiary/aromatic N) is 3. The molecule has 0 aliphatic rings. The van der Waals surface area contributed by atoms with E-state index in [-0.39, 0.29) is 0 Å². The number of hydrogen-bond donors (Lipinski definition) is 1. The first-order valence-electron chi connectivity index (χ1n) is 6.24. The lowest BCUT2D eigenvalue weighted by Gasteiger charge is -2.22. The average molecular weight is 301 g/mol. The molecule has 0 unspecified atom stereocenters. The van der Waals surface area contributed by atoms with Gasteiger partial charge in [-0.3, -0.25) is 0 Å². The van der Waals surface area contributed by atoms with E-state index in [0.29, 0.717) is 5.95 Å². The Morgan fingerprint density at radius 3 is 2.65 bits per heavy atom. The van der Waals surface area contributed by atoms with Crippen LogP contribution in [0.1, 0.15) is 33.6 Å². The van der Waals surface area contributed by atoms with Gasteiger partial charge in [-0.1, -0.05) is 13.8 Å². The van der Waals surface area contributed by atoms with Gasteiger partial charge >= 0.3 is 0 Å². The summed E-state index contributed by atoms with van der Waals surface area (Å²) in [6.45, 7) is 9.32. The standard InChI is InChI=1S/C12H21BrN4/c1-4-7-14-12-15-9-10(13)11(16-12)17(6-3)8-5-2/h9H,4-8H2,1-3H3,(H,14,15,16). The number of hydrogen-bond acceptors (Lipinski definition) is 4. The van der Waals surface area contributed by atoms with Crippen LogP contribution in [0.2, 0.25) is 0 Å². The van der Waals surface area contributed by atoms with Crippen molar-refractivity contribution in [3.8, 4) is 0 Å². The predicted octanol–water partition coefficient (Wildman–Crippen LogP) is 3.30. The summed E-state index contributed by atoms with van der Waals surface area (Å²) in [6, 6.07) is 0. The van der Waals surface area contributed by atoms with E-state index in [0.717, 1.165) is 42.8 Å². The monoisotopic (exact) mass is 300 g/mol. The molecule has 1 aromatic rings. The highest BCUT2D eigenvalue weighted by atomic mass is 79.9. The van der Waals surface area contributed by atoms with E-state index in [1.54, 1.807) is 0 Å². The third-order valence-corrected chi connectivity index (χ3v) is 2.99. The Morgan fingerprint density at radius 2 is 2.06 bits per heavy atom. The molecule has 0 spiro atoms. The number of nitrogens with one attached hydrogen (secondary N) is 1. The Kier molecular flexibility index (Phi) is 6.26. The van der Waals surface area contributed by atoms with Crippen molar-refractivity contribution in [1.82, 2.24) is 9.97 Å². The van der Waals surface area contributed by atoms with Crippen molar-refractivity contribution >= 4 is 27.7 Å². The van der Waals surface area contributed by atoms with E-state index in [1.165, 1.54) is 0 Å². The Hall–Kier alpha value is -0.840. The van der Waals surface area contributed by atoms with Crippen LogP contribution < -0.4 is 10.2 Å². The minimum absolute atomic E-state index is 0.708. The van der Waals surface area contributed by atoms with Crippen LogP contribution >= 0.6 is 15.9 Å². The Labute approximate surface area is 112 Å². The maximum Gasteiger partial charge on any atom is 0.224 e. The molecule has 0 radical (unpaired) electrons. The van der Waals surface area contributed by atoms with Gasteiger partial charge in [0, 0.05) is 25.8 Å². The minimum atomic E-state index is 0.708. The van der Waals surface area contributed by atoms with Crippen LogP contribution in [0.25, 0.3) is 0 Å². The van der Waals surface area contributed by atoms with Gasteiger partial charge in [-0.2, -0.15) is 4.98 Å². The number of anilines is 2. The van der Waals surface area contributed by atoms with E-state index in [2.05, 4.69) is 56.9 Å². The molecule has 0 aliphatic carbocycles. The van der Waals surface area contributed by atoms with Crippen molar-refractivity contribution in [2.24, 2.45) is 0 Å². The topological polar surface area (TPSA) is 41.1 Å². The zero-order valence-corrected chi connectivity index (χ0v) is 12.4. The number of halogens is 1. The molecule has 1 rings (SSSR count). The van der Waals surface area contributed by atoms with Crippen LogP contribution in [0.3, 0.4) is 0 Å². The minimum Gasteiger partial charge on any atom is -0.356 e. The molecule has 0 aliphatic heterocycles. The maximum absolute atomic E-state index is 4.56. The fourth-order valence-electron chi connectivity index (χ4n) is 1.59. The molecule has 0 fully saturated rings. The highest BCUT2D eigenvalue weighted by molar-refractivity contribution is 9.10. The molecule has 0 atom stereocenters. The largest absolute Gasteiger partial charge is 0.356 e. The van der Waals surface area contributed by atoms with Crippen molar-refractivity contribution in [2.75, 3.05) is 29.9 Å². The van der Waals surface area contributed by atoms with Crippen LogP contribution in [-0.2, 0) is 0 Å². The fourth-order valence-corrected chi connectivity index (χ4v) is 2.03. The summed E-state index contributed by atoms with van der Waals surface area (Å²) >= 11 is 3.52. The average Bonchev–Trinajstić information content (AvgIpc) is 2.35. The van der Waals surface area contributed by atoms with E-state index >= 15 is 0 Å². The zero-order chi connectivity index (χ0) is 12.7. The summed E-state index contributed by atoms with van der Waals surface area (Å²) in [6.07, 6.45) is 4.00. The second kappa shape index (κ2) is 7.48. The quantitative estimate of drug-likeness (QED) is 0.839. The summed E-state index contributed by atoms with van der Waals surface area (Å²) in [5, 5.41) is 3.21. The summed E-state index contributed by atoms with van der Waals surface area (Å²) in [5.41, 5.74) is 0. The van der Waals surface area contributed by atoms with E-state index in [1.807, 2.05) is 6.20 Å². The molecule has 0 saturated heterocycles. The van der Waals surface area contributed by atoms with Gasteiger partial charge in [0.1, 0.15) is 5.82 Å². The predicted molar refractivity (Wildman–Crippen MR) is 76.7 cm³/mol. The van der Waals surface area contributed by atoms with Gasteiger partial charge in [-0.15, -0.1) is 0 Å². The highest BCUT2D eigenvalue weighted by Crippen LogP contribution is 2.24. The van der Waals surface area contributed by atoms with Gasteiger partial charge in [-0.05, 0) is 35.7 Å². The Balaban J connectivity index is 2.87. The Morgan fingerprint density at radius 1 is 1.29 bits per heavy atom. The smallest absolute Gasteiger partial charge is 0.224 e. The fraction of sp³-hybridized carbons (Fsp3) is 0.667. The van der Waals surface area contributed by atoms with Gasteiger partial charge in [0.15, 0.2) is 0 Å². The second-order valence-electron chi connectivity index (χ2n) is 3.87. The third kappa shape index (κ3) is 4.15. The van der Waals surface area contributed by atoms with Gasteiger partial charge in [-0.25, -0.2) is 4.98 Å². The van der Waals surface area contributed by atoms with E-state index < -0.39 is 0 Å². The maximum atomic E-state index is 4.56. The molecule has 1 aromatic heterocycles. The molecule has 1 heterocycles. The molecule has 0 amide bonds. The molecule has 96 valence electrons. The first-order valence-corrected chi connectivity index (χ1v) is 7.03. The number of aromatic nitrogens is 2. The molecule has 0 aromatic carbocycles. The van der Waals surface area contributed by atoms with Gasteiger partial charge in [0.05, 0.1) is 4.47 Å². The normalized spacial score (nSPS) is 10.4. The van der Waals surface area contributed by atoms with Gasteiger partial charge in [0.2, 0.25) is 5.95 Å². The van der Waals surface area contributed by atoms with Crippen molar-refractivity contribution in [3.63, 3.8) is 0 Å². The molecular weight excluding hydrogens is 280 g/mol. The SMILES string of the molecule is CCCNc1ncc(Br)c(N(CC)CCC)n1. The first-order chi connectivity index (χ1) is 8.22. The first kappa shape index (κ1) is 14.2. The summed E-state index contributed by atoms with van der Waals surface area (Å²) in [4.78, 5) is 11.1. The van der Waals surface area contributed by atoms with Gasteiger partial charge in [0.25, 0.3) is 0 Å². The Bertz CT molecular complexity index is 343. The summed E-state index contributed by atoms with van der Waals surface area (Å²) < 4.78 is 0.954. The number of rotatable bonds is 7. The van der Waals surface area contributed by atoms with Crippen molar-refractivity contribution in [3.05, 3.63) is 10.7 Å². The molecule has 0 saturated carbocycles. The zero-order valence-electron chi connectivity index (χ0n) is 10.8. The molecule has 4 nitrogen and oxygen atoms in total. The lowest BCUT2D eigenvalue weighted by atomic mass is 10.4. The molecule has 0 bridgehead atoms. The summed E-state index contributed by atoms with van der Waals surface area (Å²) in [5.74, 6) is 1.68. The van der Waals surface area contributed by atoms with Crippen LogP contribution in [0.5, 0.6) is 0 Å². The molecular formula is C12H21BrN4.